The highest BCUT2D eigenvalue weighted by atomic mass is 35.5. The summed E-state index contributed by atoms with van der Waals surface area (Å²) in [4.78, 5) is 36.4. The van der Waals surface area contributed by atoms with Crippen molar-refractivity contribution in [3.05, 3.63) is 59.2 Å². The van der Waals surface area contributed by atoms with Gasteiger partial charge in [-0.1, -0.05) is 36.6 Å². The zero-order chi connectivity index (χ0) is 21.4. The second-order valence-corrected chi connectivity index (χ2v) is 8.99. The molecule has 2 aliphatic rings. The third kappa shape index (κ3) is 3.59. The van der Waals surface area contributed by atoms with E-state index in [0.29, 0.717) is 23.8 Å². The highest BCUT2D eigenvalue weighted by Gasteiger charge is 2.48. The Hall–Kier alpha value is -2.86. The molecular formula is C24H25ClN4O2. The fourth-order valence-electron chi connectivity index (χ4n) is 5.16. The summed E-state index contributed by atoms with van der Waals surface area (Å²) in [7, 11) is 0. The lowest BCUT2D eigenvalue weighted by Crippen LogP contribution is -2.51. The van der Waals surface area contributed by atoms with Crippen LogP contribution in [0.2, 0.25) is 5.02 Å². The topological polar surface area (TPSA) is 78.1 Å². The van der Waals surface area contributed by atoms with Crippen LogP contribution in [0.1, 0.15) is 44.1 Å². The second-order valence-electron chi connectivity index (χ2n) is 8.55. The van der Waals surface area contributed by atoms with Crippen LogP contribution >= 0.6 is 11.6 Å². The molecule has 1 aliphatic heterocycles. The van der Waals surface area contributed by atoms with Gasteiger partial charge in [-0.15, -0.1) is 0 Å². The lowest BCUT2D eigenvalue weighted by molar-refractivity contribution is -0.141. The third-order valence-corrected chi connectivity index (χ3v) is 6.95. The smallest absolute Gasteiger partial charge is 0.248 e. The van der Waals surface area contributed by atoms with Gasteiger partial charge in [-0.05, 0) is 61.6 Å². The molecule has 0 unspecified atom stereocenters. The Kier molecular flexibility index (Phi) is 5.18. The maximum Gasteiger partial charge on any atom is 0.248 e. The van der Waals surface area contributed by atoms with E-state index in [4.69, 9.17) is 11.6 Å². The van der Waals surface area contributed by atoms with Crippen LogP contribution in [0.4, 0.5) is 5.82 Å². The Balaban J connectivity index is 1.39. The van der Waals surface area contributed by atoms with E-state index in [1.54, 1.807) is 11.0 Å². The van der Waals surface area contributed by atoms with E-state index >= 15 is 0 Å². The number of carbonyl (C=O) groups excluding carboxylic acids is 2. The monoisotopic (exact) mass is 436 g/mol. The first-order chi connectivity index (χ1) is 15.1. The number of fused-ring (bicyclic) bond motifs is 1. The molecule has 7 heteroatoms. The Morgan fingerprint density at radius 3 is 2.77 bits per heavy atom. The lowest BCUT2D eigenvalue weighted by atomic mass is 9.77. The molecular weight excluding hydrogens is 412 g/mol. The molecule has 0 spiro atoms. The maximum absolute atomic E-state index is 13.9. The average Bonchev–Trinajstić information content (AvgIpc) is 3.53. The van der Waals surface area contributed by atoms with Crippen molar-refractivity contribution >= 4 is 40.3 Å². The van der Waals surface area contributed by atoms with E-state index in [1.165, 1.54) is 0 Å². The number of anilines is 1. The Morgan fingerprint density at radius 1 is 1.13 bits per heavy atom. The molecule has 1 saturated carbocycles. The van der Waals surface area contributed by atoms with Crippen molar-refractivity contribution in [2.45, 2.75) is 50.0 Å². The number of pyridine rings is 1. The number of likely N-dealkylation sites (tertiary alicyclic amines) is 1. The lowest BCUT2D eigenvalue weighted by Gasteiger charge is -2.35. The van der Waals surface area contributed by atoms with Gasteiger partial charge in [0.15, 0.2) is 0 Å². The summed E-state index contributed by atoms with van der Waals surface area (Å²) in [6.45, 7) is 0.601. The summed E-state index contributed by atoms with van der Waals surface area (Å²) < 4.78 is 0. The van der Waals surface area contributed by atoms with Crippen molar-refractivity contribution in [2.24, 2.45) is 0 Å². The summed E-state index contributed by atoms with van der Waals surface area (Å²) in [6.07, 6.45) is 6.89. The Bertz CT molecular complexity index is 1140. The van der Waals surface area contributed by atoms with Crippen LogP contribution in [0.5, 0.6) is 0 Å². The highest BCUT2D eigenvalue weighted by molar-refractivity contribution is 6.30. The van der Waals surface area contributed by atoms with Crippen LogP contribution < -0.4 is 5.32 Å². The number of nitrogens with zero attached hydrogens (tertiary/aromatic N) is 2. The predicted molar refractivity (Wildman–Crippen MR) is 121 cm³/mol. The molecule has 31 heavy (non-hydrogen) atoms. The maximum atomic E-state index is 13.9. The number of hydrogen-bond acceptors (Lipinski definition) is 3. The normalized spacial score (nSPS) is 20.3. The van der Waals surface area contributed by atoms with Crippen molar-refractivity contribution in [2.75, 3.05) is 11.9 Å². The standard InChI is InChI=1S/C24H25ClN4O2/c25-17-6-3-5-16(15-17)24(11-1-2-12-24)23(31)29-14-4-7-20(29)22(30)28-21-9-8-18-19(27-21)10-13-26-18/h3,5-6,8-10,13,15,20,26H,1-2,4,7,11-12,14H2,(H,27,28,30)/t20-/m1/s1. The third-order valence-electron chi connectivity index (χ3n) is 6.72. The molecule has 160 valence electrons. The SMILES string of the molecule is O=C(Nc1ccc2[nH]ccc2n1)[C@H]1CCCN1C(=O)C1(c2cccc(Cl)c2)CCCC1. The average molecular weight is 437 g/mol. The van der Waals surface area contributed by atoms with Gasteiger partial charge in [-0.2, -0.15) is 0 Å². The molecule has 2 fully saturated rings. The van der Waals surface area contributed by atoms with Gasteiger partial charge in [-0.3, -0.25) is 9.59 Å². The van der Waals surface area contributed by atoms with E-state index in [0.717, 1.165) is 48.7 Å². The van der Waals surface area contributed by atoms with Gasteiger partial charge in [0.05, 0.1) is 16.4 Å². The zero-order valence-corrected chi connectivity index (χ0v) is 18.0. The molecule has 2 aromatic heterocycles. The molecule has 3 heterocycles. The van der Waals surface area contributed by atoms with Crippen molar-refractivity contribution in [3.8, 4) is 0 Å². The number of nitrogens with one attached hydrogen (secondary N) is 2. The number of aromatic amines is 1. The number of aromatic nitrogens is 2. The first-order valence-electron chi connectivity index (χ1n) is 10.9. The molecule has 2 N–H and O–H groups in total. The van der Waals surface area contributed by atoms with E-state index in [9.17, 15) is 9.59 Å². The minimum absolute atomic E-state index is 0.0546. The summed E-state index contributed by atoms with van der Waals surface area (Å²) >= 11 is 6.25. The fourth-order valence-corrected chi connectivity index (χ4v) is 5.35. The summed E-state index contributed by atoms with van der Waals surface area (Å²) in [5.74, 6) is 0.383. The Morgan fingerprint density at radius 2 is 1.97 bits per heavy atom. The highest BCUT2D eigenvalue weighted by Crippen LogP contribution is 2.44. The number of H-pyrrole nitrogens is 1. The number of hydrogen-bond donors (Lipinski definition) is 2. The second kappa shape index (κ2) is 8.00. The van der Waals surface area contributed by atoms with Crippen LogP contribution in [-0.2, 0) is 15.0 Å². The van der Waals surface area contributed by atoms with Gasteiger partial charge in [0.1, 0.15) is 11.9 Å². The van der Waals surface area contributed by atoms with Gasteiger partial charge in [-0.25, -0.2) is 4.98 Å². The van der Waals surface area contributed by atoms with Gasteiger partial charge < -0.3 is 15.2 Å². The number of halogens is 1. The van der Waals surface area contributed by atoms with Gasteiger partial charge in [0.2, 0.25) is 11.8 Å². The number of amides is 2. The molecule has 1 aromatic carbocycles. The van der Waals surface area contributed by atoms with Crippen molar-refractivity contribution in [1.82, 2.24) is 14.9 Å². The number of rotatable bonds is 4. The first kappa shape index (κ1) is 20.1. The van der Waals surface area contributed by atoms with Crippen molar-refractivity contribution in [1.29, 1.82) is 0 Å². The molecule has 1 saturated heterocycles. The van der Waals surface area contributed by atoms with Gasteiger partial charge in [0, 0.05) is 17.8 Å². The van der Waals surface area contributed by atoms with E-state index in [2.05, 4.69) is 15.3 Å². The number of carbonyl (C=O) groups is 2. The fraction of sp³-hybridized carbons (Fsp3) is 0.375. The molecule has 3 aromatic rings. The van der Waals surface area contributed by atoms with Crippen LogP contribution in [0.25, 0.3) is 11.0 Å². The van der Waals surface area contributed by atoms with Crippen LogP contribution in [0, 0.1) is 0 Å². The van der Waals surface area contributed by atoms with Crippen molar-refractivity contribution < 1.29 is 9.59 Å². The predicted octanol–water partition coefficient (Wildman–Crippen LogP) is 4.66. The van der Waals surface area contributed by atoms with Crippen LogP contribution in [0.15, 0.2) is 48.7 Å². The van der Waals surface area contributed by atoms with Gasteiger partial charge >= 0.3 is 0 Å². The number of benzene rings is 1. The molecule has 5 rings (SSSR count). The molecule has 2 amide bonds. The summed E-state index contributed by atoms with van der Waals surface area (Å²) in [5, 5.41) is 3.56. The van der Waals surface area contributed by atoms with E-state index in [1.807, 2.05) is 42.6 Å². The zero-order valence-electron chi connectivity index (χ0n) is 17.2. The molecule has 0 radical (unpaired) electrons. The first-order valence-corrected chi connectivity index (χ1v) is 11.3. The van der Waals surface area contributed by atoms with Crippen LogP contribution in [0.3, 0.4) is 0 Å². The summed E-state index contributed by atoms with van der Waals surface area (Å²) in [6, 6.07) is 12.7. The summed E-state index contributed by atoms with van der Waals surface area (Å²) in [5.41, 5.74) is 2.09. The molecule has 0 bridgehead atoms. The van der Waals surface area contributed by atoms with E-state index in [-0.39, 0.29) is 11.8 Å². The quantitative estimate of drug-likeness (QED) is 0.624. The molecule has 6 nitrogen and oxygen atoms in total. The Labute approximate surface area is 186 Å². The van der Waals surface area contributed by atoms with Crippen LogP contribution in [-0.4, -0.2) is 39.3 Å². The largest absolute Gasteiger partial charge is 0.360 e. The minimum Gasteiger partial charge on any atom is -0.360 e. The minimum atomic E-state index is -0.587. The van der Waals surface area contributed by atoms with E-state index < -0.39 is 11.5 Å². The van der Waals surface area contributed by atoms with Gasteiger partial charge in [0.25, 0.3) is 0 Å². The molecule has 1 aliphatic carbocycles. The van der Waals surface area contributed by atoms with Crippen molar-refractivity contribution in [3.63, 3.8) is 0 Å². The molecule has 1 atom stereocenters.